The van der Waals surface area contributed by atoms with Gasteiger partial charge in [-0.15, -0.1) is 0 Å². The van der Waals surface area contributed by atoms with Crippen molar-refractivity contribution in [3.05, 3.63) is 53.3 Å². The molecule has 0 aromatic carbocycles. The number of nitrogens with zero attached hydrogens (tertiary/aromatic N) is 4. The molecule has 2 atom stereocenters. The number of pyridine rings is 3. The van der Waals surface area contributed by atoms with Crippen LogP contribution >= 0.6 is 11.6 Å². The van der Waals surface area contributed by atoms with E-state index >= 15 is 0 Å². The molecular formula is C19H15ClF4N6O. The highest BCUT2D eigenvalue weighted by Crippen LogP contribution is 2.41. The zero-order chi connectivity index (χ0) is 22.4. The van der Waals surface area contributed by atoms with Crippen molar-refractivity contribution in [2.24, 2.45) is 10.7 Å². The number of aromatic nitrogens is 3. The Bertz CT molecular complexity index is 1190. The van der Waals surface area contributed by atoms with E-state index < -0.39 is 36.2 Å². The van der Waals surface area contributed by atoms with Crippen LogP contribution in [0.15, 0.2) is 41.8 Å². The Labute approximate surface area is 178 Å². The predicted molar refractivity (Wildman–Crippen MR) is 107 cm³/mol. The molecular weight excluding hydrogens is 440 g/mol. The van der Waals surface area contributed by atoms with Crippen LogP contribution in [0.5, 0.6) is 0 Å². The molecule has 162 valence electrons. The number of amidine groups is 1. The molecule has 0 saturated carbocycles. The second-order valence-corrected chi connectivity index (χ2v) is 7.58. The minimum atomic E-state index is -4.69. The number of fused-ring (bicyclic) bond motifs is 1. The molecule has 0 fully saturated rings. The maximum absolute atomic E-state index is 14.6. The summed E-state index contributed by atoms with van der Waals surface area (Å²) in [7, 11) is 0. The molecule has 0 amide bonds. The normalized spacial score (nSPS) is 21.5. The molecule has 0 radical (unpaired) electrons. The van der Waals surface area contributed by atoms with Gasteiger partial charge in [-0.2, -0.15) is 17.6 Å². The van der Waals surface area contributed by atoms with Gasteiger partial charge in [0.15, 0.2) is 11.9 Å². The molecule has 0 bridgehead atoms. The van der Waals surface area contributed by atoms with Gasteiger partial charge in [-0.1, -0.05) is 11.6 Å². The van der Waals surface area contributed by atoms with Crippen molar-refractivity contribution in [1.82, 2.24) is 15.0 Å². The van der Waals surface area contributed by atoms with Crippen LogP contribution in [0.3, 0.4) is 0 Å². The SMILES string of the molecule is CC1(c2cc(Nc3nccc4cc(Cl)cnc34)cnc2F)CC(C(F)(F)F)OC(N)=N1. The summed E-state index contributed by atoms with van der Waals surface area (Å²) in [5, 5.41) is 4.12. The van der Waals surface area contributed by atoms with E-state index in [-0.39, 0.29) is 11.3 Å². The van der Waals surface area contributed by atoms with Gasteiger partial charge in [0.1, 0.15) is 5.52 Å². The molecule has 7 nitrogen and oxygen atoms in total. The molecule has 3 aromatic heterocycles. The van der Waals surface area contributed by atoms with Crippen LogP contribution in [0.2, 0.25) is 5.02 Å². The van der Waals surface area contributed by atoms with Gasteiger partial charge < -0.3 is 15.8 Å². The van der Waals surface area contributed by atoms with Crippen molar-refractivity contribution in [2.45, 2.75) is 31.2 Å². The third-order valence-corrected chi connectivity index (χ3v) is 5.02. The van der Waals surface area contributed by atoms with E-state index in [9.17, 15) is 17.6 Å². The summed E-state index contributed by atoms with van der Waals surface area (Å²) in [6, 6.07) is 4.05. The van der Waals surface area contributed by atoms with Crippen LogP contribution in [0.4, 0.5) is 29.1 Å². The summed E-state index contributed by atoms with van der Waals surface area (Å²) in [6.45, 7) is 1.34. The molecule has 4 rings (SSSR count). The highest BCUT2D eigenvalue weighted by Gasteiger charge is 2.50. The van der Waals surface area contributed by atoms with Crippen LogP contribution in [0.25, 0.3) is 10.9 Å². The standard InChI is InChI=1S/C19H15ClF4N6O/c1-18(6-13(19(22,23)24)31-17(25)30-18)12-5-11(8-28-15(12)21)29-16-14-9(2-3-26-16)4-10(20)7-27-14/h2-5,7-8,13H,6H2,1H3,(H2,25,30)(H,26,29). The first-order valence-corrected chi connectivity index (χ1v) is 9.35. The zero-order valence-corrected chi connectivity index (χ0v) is 16.7. The number of ether oxygens (including phenoxy) is 1. The maximum atomic E-state index is 14.6. The first-order chi connectivity index (χ1) is 14.5. The van der Waals surface area contributed by atoms with Gasteiger partial charge in [0.05, 0.1) is 22.4 Å². The minimum Gasteiger partial charge on any atom is -0.452 e. The lowest BCUT2D eigenvalue weighted by Gasteiger charge is -2.35. The van der Waals surface area contributed by atoms with Crippen molar-refractivity contribution in [3.63, 3.8) is 0 Å². The Kier molecular flexibility index (Phi) is 5.08. The summed E-state index contributed by atoms with van der Waals surface area (Å²) in [4.78, 5) is 16.1. The Morgan fingerprint density at radius 3 is 2.74 bits per heavy atom. The van der Waals surface area contributed by atoms with Crippen molar-refractivity contribution >= 4 is 40.0 Å². The van der Waals surface area contributed by atoms with Gasteiger partial charge in [-0.3, -0.25) is 4.98 Å². The van der Waals surface area contributed by atoms with Crippen LogP contribution in [0.1, 0.15) is 18.9 Å². The number of nitrogens with two attached hydrogens (primary N) is 1. The van der Waals surface area contributed by atoms with Crippen LogP contribution < -0.4 is 11.1 Å². The number of halogens is 5. The van der Waals surface area contributed by atoms with Crippen molar-refractivity contribution < 1.29 is 22.3 Å². The number of hydrogen-bond donors (Lipinski definition) is 2. The number of nitrogens with one attached hydrogen (secondary N) is 1. The van der Waals surface area contributed by atoms with Gasteiger partial charge >= 0.3 is 6.18 Å². The molecule has 12 heteroatoms. The van der Waals surface area contributed by atoms with Crippen molar-refractivity contribution in [1.29, 1.82) is 0 Å². The van der Waals surface area contributed by atoms with E-state index in [1.165, 1.54) is 31.6 Å². The van der Waals surface area contributed by atoms with E-state index in [1.807, 2.05) is 0 Å². The largest absolute Gasteiger partial charge is 0.452 e. The lowest BCUT2D eigenvalue weighted by molar-refractivity contribution is -0.208. The highest BCUT2D eigenvalue weighted by atomic mass is 35.5. The van der Waals surface area contributed by atoms with Gasteiger partial charge in [0.25, 0.3) is 6.02 Å². The zero-order valence-electron chi connectivity index (χ0n) is 15.9. The monoisotopic (exact) mass is 454 g/mol. The molecule has 0 aliphatic carbocycles. The average molecular weight is 455 g/mol. The Morgan fingerprint density at radius 2 is 2.00 bits per heavy atom. The topological polar surface area (TPSA) is 98.3 Å². The number of aliphatic imine (C=N–C) groups is 1. The Hall–Kier alpha value is -3.21. The maximum Gasteiger partial charge on any atom is 0.425 e. The predicted octanol–water partition coefficient (Wildman–Crippen LogP) is 4.44. The number of hydrogen-bond acceptors (Lipinski definition) is 7. The Balaban J connectivity index is 1.72. The minimum absolute atomic E-state index is 0.172. The summed E-state index contributed by atoms with van der Waals surface area (Å²) >= 11 is 5.96. The fourth-order valence-corrected chi connectivity index (χ4v) is 3.54. The lowest BCUT2D eigenvalue weighted by atomic mass is 9.86. The smallest absolute Gasteiger partial charge is 0.425 e. The molecule has 3 aromatic rings. The fourth-order valence-electron chi connectivity index (χ4n) is 3.37. The number of alkyl halides is 3. The van der Waals surface area contributed by atoms with Gasteiger partial charge in [0.2, 0.25) is 5.95 Å². The van der Waals surface area contributed by atoms with Gasteiger partial charge in [0, 0.05) is 29.8 Å². The summed E-state index contributed by atoms with van der Waals surface area (Å²) in [6.07, 6.45) is -3.42. The molecule has 2 unspecified atom stereocenters. The van der Waals surface area contributed by atoms with Gasteiger partial charge in [-0.25, -0.2) is 15.0 Å². The molecule has 1 aliphatic heterocycles. The van der Waals surface area contributed by atoms with E-state index in [4.69, 9.17) is 17.3 Å². The van der Waals surface area contributed by atoms with E-state index in [1.54, 1.807) is 12.1 Å². The van der Waals surface area contributed by atoms with Crippen molar-refractivity contribution in [3.8, 4) is 0 Å². The molecule has 3 N–H and O–H groups in total. The first kappa shape index (κ1) is 21.0. The van der Waals surface area contributed by atoms with E-state index in [0.29, 0.717) is 21.7 Å². The average Bonchev–Trinajstić information content (AvgIpc) is 2.68. The quantitative estimate of drug-likeness (QED) is 0.448. The molecule has 0 saturated heterocycles. The second kappa shape index (κ2) is 7.49. The molecule has 1 aliphatic rings. The van der Waals surface area contributed by atoms with Gasteiger partial charge in [-0.05, 0) is 25.1 Å². The van der Waals surface area contributed by atoms with Crippen LogP contribution in [0, 0.1) is 5.95 Å². The second-order valence-electron chi connectivity index (χ2n) is 7.15. The third-order valence-electron chi connectivity index (χ3n) is 4.82. The highest BCUT2D eigenvalue weighted by molar-refractivity contribution is 6.31. The lowest BCUT2D eigenvalue weighted by Crippen LogP contribution is -2.46. The third kappa shape index (κ3) is 4.18. The summed E-state index contributed by atoms with van der Waals surface area (Å²) < 4.78 is 58.9. The van der Waals surface area contributed by atoms with Crippen molar-refractivity contribution in [2.75, 3.05) is 5.32 Å². The summed E-state index contributed by atoms with van der Waals surface area (Å²) in [5.41, 5.74) is 4.42. The molecule has 0 spiro atoms. The Morgan fingerprint density at radius 1 is 1.23 bits per heavy atom. The van der Waals surface area contributed by atoms with E-state index in [2.05, 4.69) is 30.0 Å². The number of rotatable bonds is 3. The molecule has 4 heterocycles. The number of anilines is 2. The first-order valence-electron chi connectivity index (χ1n) is 8.97. The fraction of sp³-hybridized carbons (Fsp3) is 0.263. The van der Waals surface area contributed by atoms with Crippen LogP contribution in [-0.2, 0) is 10.3 Å². The van der Waals surface area contributed by atoms with Crippen LogP contribution in [-0.4, -0.2) is 33.3 Å². The summed E-state index contributed by atoms with van der Waals surface area (Å²) in [5.74, 6) is -0.634. The molecule has 31 heavy (non-hydrogen) atoms. The van der Waals surface area contributed by atoms with E-state index in [0.717, 1.165) is 0 Å².